The summed E-state index contributed by atoms with van der Waals surface area (Å²) in [6.45, 7) is 2.41. The highest BCUT2D eigenvalue weighted by atomic mass is 35.5. The zero-order valence-corrected chi connectivity index (χ0v) is 8.76. The van der Waals surface area contributed by atoms with E-state index < -0.39 is 0 Å². The summed E-state index contributed by atoms with van der Waals surface area (Å²) < 4.78 is 12.6. The first kappa shape index (κ1) is 11.2. The molecule has 0 bridgehead atoms. The molecule has 1 rings (SSSR count). The van der Waals surface area contributed by atoms with E-state index in [-0.39, 0.29) is 11.7 Å². The van der Waals surface area contributed by atoms with Crippen molar-refractivity contribution in [1.29, 1.82) is 0 Å². The molecular formula is C11H13ClFN. The van der Waals surface area contributed by atoms with Crippen molar-refractivity contribution in [2.24, 2.45) is 5.73 Å². The SMILES string of the molecule is CC(/C(=C/Cl)CN)c1ccc(F)cc1. The molecule has 0 radical (unpaired) electrons. The van der Waals surface area contributed by atoms with Crippen LogP contribution in [0, 0.1) is 5.82 Å². The van der Waals surface area contributed by atoms with E-state index in [1.165, 1.54) is 17.7 Å². The summed E-state index contributed by atoms with van der Waals surface area (Å²) >= 11 is 5.63. The van der Waals surface area contributed by atoms with Crippen LogP contribution in [0.2, 0.25) is 0 Å². The van der Waals surface area contributed by atoms with Crippen LogP contribution in [0.4, 0.5) is 4.39 Å². The van der Waals surface area contributed by atoms with E-state index in [9.17, 15) is 4.39 Å². The number of hydrogen-bond donors (Lipinski definition) is 1. The summed E-state index contributed by atoms with van der Waals surface area (Å²) in [5.41, 5.74) is 8.98. The fraction of sp³-hybridized carbons (Fsp3) is 0.273. The normalized spacial score (nSPS) is 14.1. The molecule has 1 aromatic carbocycles. The molecule has 0 aliphatic heterocycles. The third-order valence-corrected chi connectivity index (χ3v) is 2.58. The van der Waals surface area contributed by atoms with E-state index in [2.05, 4.69) is 0 Å². The second-order valence-electron chi connectivity index (χ2n) is 3.16. The van der Waals surface area contributed by atoms with Gasteiger partial charge in [-0.25, -0.2) is 4.39 Å². The molecule has 0 fully saturated rings. The van der Waals surface area contributed by atoms with Gasteiger partial charge in [0.15, 0.2) is 0 Å². The molecule has 0 heterocycles. The van der Waals surface area contributed by atoms with Gasteiger partial charge in [0.2, 0.25) is 0 Å². The molecule has 0 saturated heterocycles. The molecule has 76 valence electrons. The highest BCUT2D eigenvalue weighted by Crippen LogP contribution is 2.23. The van der Waals surface area contributed by atoms with Gasteiger partial charge in [-0.3, -0.25) is 0 Å². The molecule has 14 heavy (non-hydrogen) atoms. The Morgan fingerprint density at radius 2 is 2.07 bits per heavy atom. The van der Waals surface area contributed by atoms with Crippen LogP contribution >= 0.6 is 11.6 Å². The van der Waals surface area contributed by atoms with Gasteiger partial charge < -0.3 is 5.73 Å². The topological polar surface area (TPSA) is 26.0 Å². The van der Waals surface area contributed by atoms with E-state index in [0.29, 0.717) is 6.54 Å². The van der Waals surface area contributed by atoms with Crippen molar-refractivity contribution in [3.63, 3.8) is 0 Å². The average molecular weight is 214 g/mol. The van der Waals surface area contributed by atoms with Crippen molar-refractivity contribution in [2.45, 2.75) is 12.8 Å². The number of hydrogen-bond acceptors (Lipinski definition) is 1. The summed E-state index contributed by atoms with van der Waals surface area (Å²) in [7, 11) is 0. The third kappa shape index (κ3) is 2.56. The quantitative estimate of drug-likeness (QED) is 0.821. The van der Waals surface area contributed by atoms with Gasteiger partial charge in [0, 0.05) is 18.0 Å². The Morgan fingerprint density at radius 1 is 1.50 bits per heavy atom. The van der Waals surface area contributed by atoms with Crippen molar-refractivity contribution < 1.29 is 4.39 Å². The summed E-state index contributed by atoms with van der Waals surface area (Å²) in [4.78, 5) is 0. The second-order valence-corrected chi connectivity index (χ2v) is 3.38. The van der Waals surface area contributed by atoms with Crippen molar-refractivity contribution in [1.82, 2.24) is 0 Å². The standard InChI is InChI=1S/C11H13ClFN/c1-8(10(6-12)7-14)9-2-4-11(13)5-3-9/h2-6,8H,7,14H2,1H3/b10-6+. The van der Waals surface area contributed by atoms with Gasteiger partial charge in [-0.1, -0.05) is 30.7 Å². The van der Waals surface area contributed by atoms with E-state index in [0.717, 1.165) is 11.1 Å². The van der Waals surface area contributed by atoms with Crippen molar-refractivity contribution >= 4 is 11.6 Å². The van der Waals surface area contributed by atoms with E-state index in [1.807, 2.05) is 6.92 Å². The summed E-state index contributed by atoms with van der Waals surface area (Å²) in [6, 6.07) is 6.37. The molecule has 0 aliphatic rings. The van der Waals surface area contributed by atoms with E-state index in [1.54, 1.807) is 12.1 Å². The Hall–Kier alpha value is -0.860. The third-order valence-electron chi connectivity index (χ3n) is 2.30. The van der Waals surface area contributed by atoms with Crippen LogP contribution in [0.25, 0.3) is 0 Å². The van der Waals surface area contributed by atoms with Crippen LogP contribution < -0.4 is 5.73 Å². The van der Waals surface area contributed by atoms with Gasteiger partial charge in [0.1, 0.15) is 5.82 Å². The fourth-order valence-corrected chi connectivity index (χ4v) is 1.56. The van der Waals surface area contributed by atoms with Gasteiger partial charge in [-0.15, -0.1) is 0 Å². The highest BCUT2D eigenvalue weighted by Gasteiger charge is 2.09. The van der Waals surface area contributed by atoms with Gasteiger partial charge in [-0.2, -0.15) is 0 Å². The molecule has 2 N–H and O–H groups in total. The monoisotopic (exact) mass is 213 g/mol. The fourth-order valence-electron chi connectivity index (χ4n) is 1.28. The van der Waals surface area contributed by atoms with Crippen molar-refractivity contribution in [3.05, 3.63) is 46.8 Å². The minimum absolute atomic E-state index is 0.137. The van der Waals surface area contributed by atoms with Gasteiger partial charge in [-0.05, 0) is 23.3 Å². The molecular weight excluding hydrogens is 201 g/mol. The van der Waals surface area contributed by atoms with Gasteiger partial charge in [0.05, 0.1) is 0 Å². The largest absolute Gasteiger partial charge is 0.327 e. The summed E-state index contributed by atoms with van der Waals surface area (Å²) in [5, 5.41) is 0. The minimum Gasteiger partial charge on any atom is -0.327 e. The maximum absolute atomic E-state index is 12.6. The first-order valence-corrected chi connectivity index (χ1v) is 4.87. The van der Waals surface area contributed by atoms with Gasteiger partial charge in [0.25, 0.3) is 0 Å². The predicted molar refractivity (Wildman–Crippen MR) is 57.8 cm³/mol. The van der Waals surface area contributed by atoms with Crippen LogP contribution in [0.3, 0.4) is 0 Å². The Labute approximate surface area is 88.4 Å². The van der Waals surface area contributed by atoms with E-state index >= 15 is 0 Å². The number of rotatable bonds is 3. The van der Waals surface area contributed by atoms with Crippen LogP contribution in [0.1, 0.15) is 18.4 Å². The number of nitrogens with two attached hydrogens (primary N) is 1. The second kappa shape index (κ2) is 5.13. The summed E-state index contributed by atoms with van der Waals surface area (Å²) in [5.74, 6) is -0.0943. The maximum atomic E-state index is 12.6. The Bertz CT molecular complexity index is 319. The zero-order valence-electron chi connectivity index (χ0n) is 8.00. The lowest BCUT2D eigenvalue weighted by Crippen LogP contribution is -2.09. The van der Waals surface area contributed by atoms with Crippen LogP contribution in [0.5, 0.6) is 0 Å². The van der Waals surface area contributed by atoms with Gasteiger partial charge >= 0.3 is 0 Å². The molecule has 1 atom stereocenters. The van der Waals surface area contributed by atoms with E-state index in [4.69, 9.17) is 17.3 Å². The Kier molecular flexibility index (Phi) is 4.11. The van der Waals surface area contributed by atoms with Crippen molar-refractivity contribution in [3.8, 4) is 0 Å². The Balaban J connectivity index is 2.89. The lowest BCUT2D eigenvalue weighted by molar-refractivity contribution is 0.626. The Morgan fingerprint density at radius 3 is 2.50 bits per heavy atom. The van der Waals surface area contributed by atoms with Crippen LogP contribution in [-0.2, 0) is 0 Å². The summed E-state index contributed by atoms with van der Waals surface area (Å²) in [6.07, 6.45) is 0. The molecule has 0 saturated carbocycles. The van der Waals surface area contributed by atoms with Crippen LogP contribution in [0.15, 0.2) is 35.4 Å². The average Bonchev–Trinajstić information content (AvgIpc) is 2.20. The lowest BCUT2D eigenvalue weighted by atomic mass is 9.94. The minimum atomic E-state index is -0.231. The first-order valence-electron chi connectivity index (χ1n) is 4.43. The smallest absolute Gasteiger partial charge is 0.123 e. The molecule has 0 spiro atoms. The first-order chi connectivity index (χ1) is 6.69. The molecule has 0 aromatic heterocycles. The molecule has 1 aromatic rings. The van der Waals surface area contributed by atoms with Crippen LogP contribution in [-0.4, -0.2) is 6.54 Å². The highest BCUT2D eigenvalue weighted by molar-refractivity contribution is 6.25. The number of benzene rings is 1. The number of halogens is 2. The molecule has 1 unspecified atom stereocenters. The van der Waals surface area contributed by atoms with Crippen molar-refractivity contribution in [2.75, 3.05) is 6.54 Å². The molecule has 3 heteroatoms. The maximum Gasteiger partial charge on any atom is 0.123 e. The predicted octanol–water partition coefficient (Wildman–Crippen LogP) is 3.01. The zero-order chi connectivity index (χ0) is 10.6. The molecule has 1 nitrogen and oxygen atoms in total. The molecule has 0 aliphatic carbocycles. The lowest BCUT2D eigenvalue weighted by Gasteiger charge is -2.13. The molecule has 0 amide bonds.